The van der Waals surface area contributed by atoms with Crippen LogP contribution < -0.4 is 0 Å². The van der Waals surface area contributed by atoms with Gasteiger partial charge in [-0.3, -0.25) is 9.55 Å². The van der Waals surface area contributed by atoms with Gasteiger partial charge in [0, 0.05) is 38.4 Å². The van der Waals surface area contributed by atoms with Gasteiger partial charge in [-0.2, -0.15) is 0 Å². The van der Waals surface area contributed by atoms with Crippen molar-refractivity contribution < 1.29 is 31.7 Å². The molecule has 1 N–H and O–H groups in total. The largest absolute Gasteiger partial charge is 0.507 e. The van der Waals surface area contributed by atoms with Crippen molar-refractivity contribution in [1.29, 1.82) is 0 Å². The number of hydrogen-bond donors (Lipinski definition) is 1. The van der Waals surface area contributed by atoms with Gasteiger partial charge in [0.15, 0.2) is 0 Å². The van der Waals surface area contributed by atoms with Crippen LogP contribution in [0.2, 0.25) is 0 Å². The second-order valence-corrected chi connectivity index (χ2v) is 15.5. The quantitative estimate of drug-likeness (QED) is 0.147. The van der Waals surface area contributed by atoms with Crippen LogP contribution in [0, 0.1) is 12.9 Å². The van der Waals surface area contributed by atoms with Gasteiger partial charge >= 0.3 is 0 Å². The summed E-state index contributed by atoms with van der Waals surface area (Å²) in [6, 6.07) is 57.0. The van der Waals surface area contributed by atoms with Gasteiger partial charge in [-0.1, -0.05) is 160 Å². The summed E-state index contributed by atoms with van der Waals surface area (Å²) in [6.07, 6.45) is 1.82. The molecule has 0 unspecified atom stereocenters. The van der Waals surface area contributed by atoms with Gasteiger partial charge in [-0.15, -0.1) is 23.8 Å². The third-order valence-corrected chi connectivity index (χ3v) is 11.0. The number of nitrogens with zero attached hydrogens (tertiary/aromatic N) is 3. The molecule has 60 heavy (non-hydrogen) atoms. The molecule has 2 aromatic heterocycles. The van der Waals surface area contributed by atoms with E-state index in [0.29, 0.717) is 28.1 Å². The molecular weight excluding hydrogens is 914 g/mol. The first-order chi connectivity index (χ1) is 30.2. The van der Waals surface area contributed by atoms with E-state index in [0.717, 1.165) is 66.9 Å². The first-order valence-corrected chi connectivity index (χ1v) is 20.0. The van der Waals surface area contributed by atoms with Crippen LogP contribution in [0.15, 0.2) is 170 Å². The summed E-state index contributed by atoms with van der Waals surface area (Å²) in [6.45, 7) is 5.43. The van der Waals surface area contributed by atoms with E-state index in [1.54, 1.807) is 24.3 Å². The second-order valence-electron chi connectivity index (χ2n) is 15.5. The molecule has 0 radical (unpaired) electrons. The maximum Gasteiger partial charge on any atom is 0.148 e. The molecular formula is C55H46N3OPt-. The fourth-order valence-corrected chi connectivity index (χ4v) is 7.79. The third kappa shape index (κ3) is 7.88. The van der Waals surface area contributed by atoms with Crippen LogP contribution in [0.1, 0.15) is 61.7 Å². The van der Waals surface area contributed by atoms with Crippen molar-refractivity contribution in [3.05, 3.63) is 193 Å². The standard InChI is InChI=1S/C55H46N3O.Pt/c1-35(2)42-28-43(36(3)4)30-45(29-42)40-23-24-51(37(5)27-40)58-52-21-14-20-48(54(52)57-55(58)49-19-12-13-22-53(49)59)46-31-44(39-17-10-7-11-18-39)32-47(33-46)50-34-41(25-26-56-50)38-15-8-6-9-16-38;/h6-32,34-36,59H,1-5H3;/q-1;/i5D3,35D;. The molecule has 5 heteroatoms. The Hall–Kier alpha value is -6.35. The predicted octanol–water partition coefficient (Wildman–Crippen LogP) is 14.5. The molecule has 2 heterocycles. The van der Waals surface area contributed by atoms with Gasteiger partial charge in [-0.05, 0) is 99.6 Å². The number of aromatic hydroxyl groups is 1. The third-order valence-electron chi connectivity index (χ3n) is 11.0. The van der Waals surface area contributed by atoms with Crippen LogP contribution in [-0.4, -0.2) is 19.6 Å². The molecule has 0 bridgehead atoms. The summed E-state index contributed by atoms with van der Waals surface area (Å²) >= 11 is 0. The number of pyridine rings is 1. The number of hydrogen-bond acceptors (Lipinski definition) is 3. The van der Waals surface area contributed by atoms with E-state index in [1.807, 2.05) is 110 Å². The average Bonchev–Trinajstić information content (AvgIpc) is 3.68. The summed E-state index contributed by atoms with van der Waals surface area (Å²) in [7, 11) is 0. The monoisotopic (exact) mass is 963 g/mol. The number of fused-ring (bicyclic) bond motifs is 1. The molecule has 0 saturated carbocycles. The van der Waals surface area contributed by atoms with Gasteiger partial charge in [-0.25, -0.2) is 4.98 Å². The predicted molar refractivity (Wildman–Crippen MR) is 245 cm³/mol. The van der Waals surface area contributed by atoms with Crippen molar-refractivity contribution in [1.82, 2.24) is 14.5 Å². The average molecular weight is 964 g/mol. The van der Waals surface area contributed by atoms with Gasteiger partial charge in [0.2, 0.25) is 0 Å². The maximum atomic E-state index is 11.4. The topological polar surface area (TPSA) is 50.9 Å². The van der Waals surface area contributed by atoms with E-state index in [-0.39, 0.29) is 38.3 Å². The van der Waals surface area contributed by atoms with Crippen LogP contribution in [0.3, 0.4) is 0 Å². The number of phenolic OH excluding ortho intramolecular Hbond substituents is 1. The number of phenols is 1. The first-order valence-electron chi connectivity index (χ1n) is 22.0. The summed E-state index contributed by atoms with van der Waals surface area (Å²) in [5.41, 5.74) is 13.1. The summed E-state index contributed by atoms with van der Waals surface area (Å²) < 4.78 is 37.5. The Morgan fingerprint density at radius 1 is 0.600 bits per heavy atom. The Morgan fingerprint density at radius 3 is 1.97 bits per heavy atom. The van der Waals surface area contributed by atoms with Crippen LogP contribution in [-0.2, 0) is 21.1 Å². The van der Waals surface area contributed by atoms with Crippen molar-refractivity contribution >= 4 is 11.0 Å². The fraction of sp³-hybridized carbons (Fsp3) is 0.127. The zero-order valence-corrected chi connectivity index (χ0v) is 36.1. The van der Waals surface area contributed by atoms with Crippen molar-refractivity contribution in [2.75, 3.05) is 0 Å². The van der Waals surface area contributed by atoms with Gasteiger partial charge in [0.05, 0.1) is 22.3 Å². The van der Waals surface area contributed by atoms with Gasteiger partial charge in [0.1, 0.15) is 11.6 Å². The number of imidazole rings is 1. The number of rotatable bonds is 9. The molecule has 0 spiro atoms. The van der Waals surface area contributed by atoms with E-state index in [1.165, 1.54) is 0 Å². The van der Waals surface area contributed by atoms with Crippen molar-refractivity contribution in [2.45, 2.75) is 46.4 Å². The molecule has 298 valence electrons. The molecule has 0 saturated heterocycles. The Balaban J connectivity index is 0.00000560. The number of aromatic nitrogens is 3. The molecule has 0 aliphatic rings. The SMILES string of the molecule is [2H]C([2H])([2H])c1cc(-c2cc(C(C)C)cc(C([2H])(C)C)c2)ccc1-n1c(-c2ccccc2O)nc2c(-c3[c-]c(-c4cc(-c5ccccc5)ccn4)cc(-c4ccccc4)c3)cccc21.[Pt]. The number of para-hydroxylation sites is 2. The number of benzene rings is 7. The summed E-state index contributed by atoms with van der Waals surface area (Å²) in [4.78, 5) is 10.1. The van der Waals surface area contributed by atoms with Crippen molar-refractivity contribution in [2.24, 2.45) is 0 Å². The van der Waals surface area contributed by atoms with E-state index in [4.69, 9.17) is 15.5 Å². The summed E-state index contributed by atoms with van der Waals surface area (Å²) in [5, 5.41) is 11.4. The van der Waals surface area contributed by atoms with Gasteiger partial charge < -0.3 is 5.11 Å². The molecule has 9 aromatic rings. The fourth-order valence-electron chi connectivity index (χ4n) is 7.79. The Kier molecular flexibility index (Phi) is 10.1. The number of aryl methyl sites for hydroxylation is 1. The minimum absolute atomic E-state index is 0. The minimum atomic E-state index is -2.53. The molecule has 0 fully saturated rings. The zero-order chi connectivity index (χ0) is 44.0. The van der Waals surface area contributed by atoms with E-state index >= 15 is 0 Å². The Morgan fingerprint density at radius 2 is 1.25 bits per heavy atom. The van der Waals surface area contributed by atoms with Crippen LogP contribution >= 0.6 is 0 Å². The summed E-state index contributed by atoms with van der Waals surface area (Å²) in [5.74, 6) is -0.237. The van der Waals surface area contributed by atoms with Crippen molar-refractivity contribution in [3.8, 4) is 78.6 Å². The first kappa shape index (κ1) is 35.6. The maximum absolute atomic E-state index is 11.4. The Bertz CT molecular complexity index is 3140. The van der Waals surface area contributed by atoms with Crippen molar-refractivity contribution in [3.63, 3.8) is 0 Å². The van der Waals surface area contributed by atoms with Crippen LogP contribution in [0.5, 0.6) is 5.75 Å². The smallest absolute Gasteiger partial charge is 0.148 e. The van der Waals surface area contributed by atoms with E-state index in [9.17, 15) is 5.11 Å². The molecule has 0 aliphatic carbocycles. The molecule has 0 amide bonds. The van der Waals surface area contributed by atoms with Crippen LogP contribution in [0.4, 0.5) is 0 Å². The van der Waals surface area contributed by atoms with E-state index < -0.39 is 12.7 Å². The molecule has 7 aromatic carbocycles. The Labute approximate surface area is 373 Å². The molecule has 0 atom stereocenters. The normalized spacial score (nSPS) is 12.7. The molecule has 4 nitrogen and oxygen atoms in total. The zero-order valence-electron chi connectivity index (χ0n) is 37.8. The molecule has 0 aliphatic heterocycles. The molecule has 9 rings (SSSR count). The van der Waals surface area contributed by atoms with E-state index in [2.05, 4.69) is 74.5 Å². The van der Waals surface area contributed by atoms with Gasteiger partial charge in [0.25, 0.3) is 0 Å². The van der Waals surface area contributed by atoms with Crippen LogP contribution in [0.25, 0.3) is 83.9 Å². The second kappa shape index (κ2) is 17.1. The minimum Gasteiger partial charge on any atom is -0.507 e.